The summed E-state index contributed by atoms with van der Waals surface area (Å²) >= 11 is 6.10. The molecule has 0 saturated carbocycles. The molecule has 3 aromatic rings. The van der Waals surface area contributed by atoms with Crippen molar-refractivity contribution in [1.29, 1.82) is 0 Å². The van der Waals surface area contributed by atoms with Gasteiger partial charge in [0, 0.05) is 11.1 Å². The van der Waals surface area contributed by atoms with E-state index in [1.807, 2.05) is 6.07 Å². The van der Waals surface area contributed by atoms with Crippen molar-refractivity contribution in [3.05, 3.63) is 53.6 Å². The van der Waals surface area contributed by atoms with Gasteiger partial charge in [-0.1, -0.05) is 11.6 Å². The molecule has 3 rings (SSSR count). The van der Waals surface area contributed by atoms with Gasteiger partial charge in [0.1, 0.15) is 11.5 Å². The Morgan fingerprint density at radius 3 is 2.30 bits per heavy atom. The summed E-state index contributed by atoms with van der Waals surface area (Å²) < 4.78 is 0. The van der Waals surface area contributed by atoms with Crippen LogP contribution in [-0.2, 0) is 0 Å². The lowest BCUT2D eigenvalue weighted by Gasteiger charge is -2.01. The molecule has 0 atom stereocenters. The largest absolute Gasteiger partial charge is 0.508 e. The standard InChI is InChI=1S/C15H11ClN2O2/c16-13-7-11(20)5-6-12(13)15-8-14(17-18-15)9-1-3-10(19)4-2-9/h1-8,19-20H,(H,17,18). The van der Waals surface area contributed by atoms with Gasteiger partial charge < -0.3 is 10.2 Å². The summed E-state index contributed by atoms with van der Waals surface area (Å²) in [6.07, 6.45) is 0. The van der Waals surface area contributed by atoms with Gasteiger partial charge in [0.25, 0.3) is 0 Å². The van der Waals surface area contributed by atoms with Crippen LogP contribution in [0.1, 0.15) is 0 Å². The Hall–Kier alpha value is -2.46. The summed E-state index contributed by atoms with van der Waals surface area (Å²) in [6, 6.07) is 13.4. The maximum absolute atomic E-state index is 9.36. The lowest BCUT2D eigenvalue weighted by atomic mass is 10.1. The van der Waals surface area contributed by atoms with Crippen LogP contribution >= 0.6 is 11.6 Å². The highest BCUT2D eigenvalue weighted by Gasteiger charge is 2.09. The third-order valence-electron chi connectivity index (χ3n) is 2.98. The summed E-state index contributed by atoms with van der Waals surface area (Å²) in [6.45, 7) is 0. The fourth-order valence-electron chi connectivity index (χ4n) is 1.96. The normalized spacial score (nSPS) is 10.7. The minimum absolute atomic E-state index is 0.122. The molecule has 0 saturated heterocycles. The van der Waals surface area contributed by atoms with Crippen molar-refractivity contribution < 1.29 is 10.2 Å². The van der Waals surface area contributed by atoms with Crippen LogP contribution in [0.4, 0.5) is 0 Å². The van der Waals surface area contributed by atoms with Gasteiger partial charge in [0.2, 0.25) is 0 Å². The number of hydrogen-bond donors (Lipinski definition) is 3. The molecule has 0 fully saturated rings. The predicted octanol–water partition coefficient (Wildman–Crippen LogP) is 3.81. The topological polar surface area (TPSA) is 69.1 Å². The second-order valence-electron chi connectivity index (χ2n) is 4.38. The Morgan fingerprint density at radius 2 is 1.60 bits per heavy atom. The van der Waals surface area contributed by atoms with Crippen molar-refractivity contribution in [2.75, 3.05) is 0 Å². The summed E-state index contributed by atoms with van der Waals surface area (Å²) in [4.78, 5) is 0. The van der Waals surface area contributed by atoms with E-state index < -0.39 is 0 Å². The Kier molecular flexibility index (Phi) is 3.08. The van der Waals surface area contributed by atoms with Gasteiger partial charge in [-0.15, -0.1) is 0 Å². The number of halogens is 1. The number of phenolic OH excluding ortho intramolecular Hbond substituents is 2. The first kappa shape index (κ1) is 12.6. The van der Waals surface area contributed by atoms with E-state index in [1.165, 1.54) is 6.07 Å². The Labute approximate surface area is 120 Å². The number of aromatic nitrogens is 2. The zero-order chi connectivity index (χ0) is 14.1. The molecule has 3 N–H and O–H groups in total. The van der Waals surface area contributed by atoms with Crippen LogP contribution in [-0.4, -0.2) is 20.4 Å². The Bertz CT molecular complexity index is 751. The molecule has 2 aromatic carbocycles. The van der Waals surface area contributed by atoms with Crippen molar-refractivity contribution in [3.63, 3.8) is 0 Å². The molecule has 0 aliphatic heterocycles. The predicted molar refractivity (Wildman–Crippen MR) is 77.8 cm³/mol. The molecule has 0 amide bonds. The number of hydrogen-bond acceptors (Lipinski definition) is 3. The minimum Gasteiger partial charge on any atom is -0.508 e. The first-order valence-electron chi connectivity index (χ1n) is 5.97. The molecule has 0 aliphatic carbocycles. The lowest BCUT2D eigenvalue weighted by Crippen LogP contribution is -1.79. The Balaban J connectivity index is 1.99. The van der Waals surface area contributed by atoms with Crippen LogP contribution in [0.2, 0.25) is 5.02 Å². The van der Waals surface area contributed by atoms with E-state index in [4.69, 9.17) is 11.6 Å². The van der Waals surface area contributed by atoms with Crippen LogP contribution in [0, 0.1) is 0 Å². The fourth-order valence-corrected chi connectivity index (χ4v) is 2.24. The fraction of sp³-hybridized carbons (Fsp3) is 0. The van der Waals surface area contributed by atoms with E-state index in [1.54, 1.807) is 36.4 Å². The highest BCUT2D eigenvalue weighted by Crippen LogP contribution is 2.31. The summed E-state index contributed by atoms with van der Waals surface area (Å²) in [5.74, 6) is 0.336. The van der Waals surface area contributed by atoms with Gasteiger partial charge in [-0.2, -0.15) is 5.10 Å². The first-order chi connectivity index (χ1) is 9.63. The summed E-state index contributed by atoms with van der Waals surface area (Å²) in [5.41, 5.74) is 3.17. The monoisotopic (exact) mass is 286 g/mol. The van der Waals surface area contributed by atoms with E-state index in [-0.39, 0.29) is 11.5 Å². The SMILES string of the molecule is Oc1ccc(-c2cc(-c3ccc(O)cc3Cl)[nH]n2)cc1. The molecule has 20 heavy (non-hydrogen) atoms. The zero-order valence-electron chi connectivity index (χ0n) is 10.3. The molecule has 100 valence electrons. The van der Waals surface area contributed by atoms with Gasteiger partial charge >= 0.3 is 0 Å². The highest BCUT2D eigenvalue weighted by atomic mass is 35.5. The number of nitrogens with one attached hydrogen (secondary N) is 1. The molecule has 0 spiro atoms. The van der Waals surface area contributed by atoms with Crippen LogP contribution in [0.25, 0.3) is 22.5 Å². The summed E-state index contributed by atoms with van der Waals surface area (Å²) in [7, 11) is 0. The second kappa shape index (κ2) is 4.90. The van der Waals surface area contributed by atoms with Crippen molar-refractivity contribution in [2.45, 2.75) is 0 Å². The second-order valence-corrected chi connectivity index (χ2v) is 4.79. The third-order valence-corrected chi connectivity index (χ3v) is 3.30. The number of aromatic hydroxyl groups is 2. The minimum atomic E-state index is 0.122. The van der Waals surface area contributed by atoms with E-state index in [0.29, 0.717) is 5.02 Å². The molecule has 1 heterocycles. The van der Waals surface area contributed by atoms with Gasteiger partial charge in [0.05, 0.1) is 16.4 Å². The van der Waals surface area contributed by atoms with Gasteiger partial charge in [-0.3, -0.25) is 5.10 Å². The van der Waals surface area contributed by atoms with Crippen molar-refractivity contribution >= 4 is 11.6 Å². The lowest BCUT2D eigenvalue weighted by molar-refractivity contribution is 0.475. The smallest absolute Gasteiger partial charge is 0.117 e. The van der Waals surface area contributed by atoms with Gasteiger partial charge in [-0.05, 0) is 48.5 Å². The molecule has 0 unspecified atom stereocenters. The average Bonchev–Trinajstić information content (AvgIpc) is 2.89. The number of H-pyrrole nitrogens is 1. The molecular formula is C15H11ClN2O2. The maximum atomic E-state index is 9.36. The molecular weight excluding hydrogens is 276 g/mol. The number of phenols is 2. The zero-order valence-corrected chi connectivity index (χ0v) is 11.1. The van der Waals surface area contributed by atoms with E-state index in [0.717, 1.165) is 22.5 Å². The van der Waals surface area contributed by atoms with Gasteiger partial charge in [-0.25, -0.2) is 0 Å². The Morgan fingerprint density at radius 1 is 0.900 bits per heavy atom. The third kappa shape index (κ3) is 2.33. The van der Waals surface area contributed by atoms with Crippen molar-refractivity contribution in [3.8, 4) is 34.0 Å². The number of aromatic amines is 1. The number of benzene rings is 2. The van der Waals surface area contributed by atoms with Crippen LogP contribution < -0.4 is 0 Å². The maximum Gasteiger partial charge on any atom is 0.117 e. The molecule has 4 nitrogen and oxygen atoms in total. The number of rotatable bonds is 2. The van der Waals surface area contributed by atoms with Crippen molar-refractivity contribution in [2.24, 2.45) is 0 Å². The average molecular weight is 287 g/mol. The van der Waals surface area contributed by atoms with Gasteiger partial charge in [0.15, 0.2) is 0 Å². The molecule has 0 radical (unpaired) electrons. The molecule has 1 aromatic heterocycles. The van der Waals surface area contributed by atoms with Crippen molar-refractivity contribution in [1.82, 2.24) is 10.2 Å². The van der Waals surface area contributed by atoms with Crippen LogP contribution in [0.15, 0.2) is 48.5 Å². The van der Waals surface area contributed by atoms with E-state index in [2.05, 4.69) is 10.2 Å². The quantitative estimate of drug-likeness (QED) is 0.671. The summed E-state index contributed by atoms with van der Waals surface area (Å²) in [5, 5.41) is 26.2. The molecule has 5 heteroatoms. The number of nitrogens with zero attached hydrogens (tertiary/aromatic N) is 1. The molecule has 0 bridgehead atoms. The van der Waals surface area contributed by atoms with Crippen LogP contribution in [0.3, 0.4) is 0 Å². The van der Waals surface area contributed by atoms with Crippen LogP contribution in [0.5, 0.6) is 11.5 Å². The molecule has 0 aliphatic rings. The highest BCUT2D eigenvalue weighted by molar-refractivity contribution is 6.33. The van der Waals surface area contributed by atoms with E-state index in [9.17, 15) is 10.2 Å². The van der Waals surface area contributed by atoms with E-state index >= 15 is 0 Å². The first-order valence-corrected chi connectivity index (χ1v) is 6.35.